The number of piperazine rings is 1. The van der Waals surface area contributed by atoms with Crippen molar-refractivity contribution in [3.05, 3.63) is 65.7 Å². The Hall–Kier alpha value is -3.64. The van der Waals surface area contributed by atoms with Gasteiger partial charge in [0.15, 0.2) is 0 Å². The fourth-order valence-corrected chi connectivity index (χ4v) is 4.71. The number of halogens is 3. The van der Waals surface area contributed by atoms with Crippen LogP contribution in [0.3, 0.4) is 0 Å². The Morgan fingerprint density at radius 3 is 2.31 bits per heavy atom. The van der Waals surface area contributed by atoms with E-state index in [2.05, 4.69) is 25.8 Å². The molecule has 39 heavy (non-hydrogen) atoms. The molecule has 0 spiro atoms. The largest absolute Gasteiger partial charge is 0.416 e. The Labute approximate surface area is 225 Å². The molecule has 0 saturated carbocycles. The van der Waals surface area contributed by atoms with E-state index >= 15 is 0 Å². The van der Waals surface area contributed by atoms with Crippen molar-refractivity contribution in [3.8, 4) is 0 Å². The molecule has 210 valence electrons. The van der Waals surface area contributed by atoms with E-state index in [9.17, 15) is 27.6 Å². The molecular weight excluding hydrogens is 513 g/mol. The molecule has 0 radical (unpaired) electrons. The second-order valence-electron chi connectivity index (χ2n) is 9.74. The molecule has 9 nitrogen and oxygen atoms in total. The number of carbonyl (C=O) groups excluding carboxylic acids is 3. The normalized spacial score (nSPS) is 18.5. The van der Waals surface area contributed by atoms with Crippen LogP contribution in [0.5, 0.6) is 0 Å². The molecule has 2 fully saturated rings. The molecule has 0 aromatic heterocycles. The third kappa shape index (κ3) is 8.42. The minimum Gasteiger partial charge on any atom is -0.350 e. The third-order valence-electron chi connectivity index (χ3n) is 6.92. The Morgan fingerprint density at radius 1 is 0.872 bits per heavy atom. The molecule has 4 amide bonds. The number of hydrogen-bond donors (Lipinski definition) is 3. The highest BCUT2D eigenvalue weighted by atomic mass is 19.4. The average molecular weight is 547 g/mol. The lowest BCUT2D eigenvalue weighted by molar-refractivity contribution is -0.137. The molecule has 2 aliphatic heterocycles. The molecule has 1 atom stereocenters. The lowest BCUT2D eigenvalue weighted by atomic mass is 10.1. The number of anilines is 1. The maximum absolute atomic E-state index is 12.9. The highest BCUT2D eigenvalue weighted by Crippen LogP contribution is 2.29. The number of urea groups is 1. The third-order valence-corrected chi connectivity index (χ3v) is 6.92. The Bertz CT molecular complexity index is 1140. The summed E-state index contributed by atoms with van der Waals surface area (Å²) < 4.78 is 38.6. The van der Waals surface area contributed by atoms with Gasteiger partial charge < -0.3 is 20.9 Å². The van der Waals surface area contributed by atoms with E-state index in [1.165, 1.54) is 6.07 Å². The molecule has 3 N–H and O–H groups in total. The van der Waals surface area contributed by atoms with Gasteiger partial charge >= 0.3 is 12.2 Å². The molecule has 0 aliphatic carbocycles. The van der Waals surface area contributed by atoms with E-state index < -0.39 is 17.6 Å². The Morgan fingerprint density at radius 2 is 1.59 bits per heavy atom. The maximum atomic E-state index is 12.9. The molecule has 2 aromatic rings. The quantitative estimate of drug-likeness (QED) is 0.473. The first kappa shape index (κ1) is 28.4. The smallest absolute Gasteiger partial charge is 0.350 e. The van der Waals surface area contributed by atoms with Gasteiger partial charge in [0, 0.05) is 69.7 Å². The molecule has 2 saturated heterocycles. The number of nitrogens with zero attached hydrogens (tertiary/aromatic N) is 3. The van der Waals surface area contributed by atoms with Crippen LogP contribution in [0.15, 0.2) is 54.6 Å². The minimum atomic E-state index is -4.55. The summed E-state index contributed by atoms with van der Waals surface area (Å²) in [7, 11) is 0. The van der Waals surface area contributed by atoms with Crippen LogP contribution < -0.4 is 16.0 Å². The summed E-state index contributed by atoms with van der Waals surface area (Å²) >= 11 is 0. The van der Waals surface area contributed by atoms with E-state index in [-0.39, 0.29) is 30.1 Å². The second-order valence-corrected chi connectivity index (χ2v) is 9.74. The Balaban J connectivity index is 1.11. The van der Waals surface area contributed by atoms with Crippen LogP contribution in [-0.2, 0) is 11.0 Å². The summed E-state index contributed by atoms with van der Waals surface area (Å²) in [5, 5.41) is 8.19. The lowest BCUT2D eigenvalue weighted by Gasteiger charge is -2.35. The van der Waals surface area contributed by atoms with Gasteiger partial charge in [-0.25, -0.2) is 4.79 Å². The first-order valence-electron chi connectivity index (χ1n) is 13.0. The van der Waals surface area contributed by atoms with Crippen LogP contribution in [0, 0.1) is 0 Å². The topological polar surface area (TPSA) is 97.0 Å². The van der Waals surface area contributed by atoms with Crippen molar-refractivity contribution in [1.29, 1.82) is 0 Å². The zero-order valence-corrected chi connectivity index (χ0v) is 21.5. The van der Waals surface area contributed by atoms with Crippen molar-refractivity contribution in [1.82, 2.24) is 25.3 Å². The molecule has 2 aliphatic rings. The van der Waals surface area contributed by atoms with Gasteiger partial charge in [-0.2, -0.15) is 13.2 Å². The van der Waals surface area contributed by atoms with E-state index in [4.69, 9.17) is 0 Å². The molecule has 4 rings (SSSR count). The van der Waals surface area contributed by atoms with E-state index in [0.29, 0.717) is 19.6 Å². The summed E-state index contributed by atoms with van der Waals surface area (Å²) in [4.78, 5) is 43.4. The number of rotatable bonds is 8. The highest BCUT2D eigenvalue weighted by molar-refractivity contribution is 5.96. The van der Waals surface area contributed by atoms with Gasteiger partial charge in [-0.15, -0.1) is 0 Å². The van der Waals surface area contributed by atoms with Gasteiger partial charge in [-0.3, -0.25) is 19.4 Å². The monoisotopic (exact) mass is 546 g/mol. The summed E-state index contributed by atoms with van der Waals surface area (Å²) in [6.45, 7) is 5.81. The number of hydrogen-bond acceptors (Lipinski definition) is 5. The second kappa shape index (κ2) is 12.9. The molecule has 2 aromatic carbocycles. The summed E-state index contributed by atoms with van der Waals surface area (Å²) in [6, 6.07) is 13.3. The van der Waals surface area contributed by atoms with Crippen LogP contribution in [-0.4, -0.2) is 97.5 Å². The van der Waals surface area contributed by atoms with Crippen molar-refractivity contribution in [2.75, 3.05) is 64.2 Å². The van der Waals surface area contributed by atoms with Crippen LogP contribution in [0.2, 0.25) is 0 Å². The number of amides is 4. The van der Waals surface area contributed by atoms with Crippen molar-refractivity contribution in [3.63, 3.8) is 0 Å². The minimum absolute atomic E-state index is 0.0542. The maximum Gasteiger partial charge on any atom is 0.416 e. The molecule has 0 unspecified atom stereocenters. The van der Waals surface area contributed by atoms with Crippen LogP contribution >= 0.6 is 0 Å². The van der Waals surface area contributed by atoms with Crippen molar-refractivity contribution < 1.29 is 27.6 Å². The number of carbonyl (C=O) groups is 3. The molecular formula is C27H33F3N6O3. The summed E-state index contributed by atoms with van der Waals surface area (Å²) in [5.74, 6) is -1.12. The van der Waals surface area contributed by atoms with E-state index in [1.807, 2.05) is 35.2 Å². The van der Waals surface area contributed by atoms with Gasteiger partial charge in [-0.1, -0.05) is 24.3 Å². The predicted octanol–water partition coefficient (Wildman–Crippen LogP) is 2.48. The SMILES string of the molecule is O=C(CNC(=O)c1cccc(C(F)(F)F)c1)N[C@@H]1CCN(CCN2CCN(C(=O)Nc3ccccc3)CC2)C1. The molecule has 12 heteroatoms. The first-order chi connectivity index (χ1) is 18.7. The van der Waals surface area contributed by atoms with Crippen molar-refractivity contribution >= 4 is 23.5 Å². The predicted molar refractivity (Wildman–Crippen MR) is 140 cm³/mol. The number of para-hydroxylation sites is 1. The van der Waals surface area contributed by atoms with Crippen molar-refractivity contribution in [2.24, 2.45) is 0 Å². The standard InChI is InChI=1S/C27H33F3N6O3/c28-27(29,30)21-6-4-5-20(17-21)25(38)31-18-24(37)32-23-9-10-35(19-23)12-11-34-13-15-36(16-14-34)26(39)33-22-7-2-1-3-8-22/h1-8,17,23H,9-16,18-19H2,(H,31,38)(H,32,37)(H,33,39)/t23-/m1/s1. The van der Waals surface area contributed by atoms with Gasteiger partial charge in [-0.05, 0) is 36.8 Å². The lowest BCUT2D eigenvalue weighted by Crippen LogP contribution is -2.51. The van der Waals surface area contributed by atoms with Gasteiger partial charge in [0.05, 0.1) is 12.1 Å². The number of nitrogens with one attached hydrogen (secondary N) is 3. The van der Waals surface area contributed by atoms with Gasteiger partial charge in [0.1, 0.15) is 0 Å². The molecule has 0 bridgehead atoms. The van der Waals surface area contributed by atoms with Gasteiger partial charge in [0.2, 0.25) is 5.91 Å². The number of benzene rings is 2. The number of likely N-dealkylation sites (tertiary alicyclic amines) is 1. The zero-order valence-electron chi connectivity index (χ0n) is 21.5. The van der Waals surface area contributed by atoms with Gasteiger partial charge in [0.25, 0.3) is 5.91 Å². The van der Waals surface area contributed by atoms with Crippen LogP contribution in [0.1, 0.15) is 22.3 Å². The zero-order chi connectivity index (χ0) is 27.8. The number of alkyl halides is 3. The Kier molecular flexibility index (Phi) is 9.41. The fraction of sp³-hybridized carbons (Fsp3) is 0.444. The summed E-state index contributed by atoms with van der Waals surface area (Å²) in [6.07, 6.45) is -3.77. The van der Waals surface area contributed by atoms with Crippen LogP contribution in [0.25, 0.3) is 0 Å². The van der Waals surface area contributed by atoms with E-state index in [1.54, 1.807) is 0 Å². The first-order valence-corrected chi connectivity index (χ1v) is 13.0. The molecule has 2 heterocycles. The van der Waals surface area contributed by atoms with Crippen molar-refractivity contribution in [2.45, 2.75) is 18.6 Å². The van der Waals surface area contributed by atoms with E-state index in [0.717, 1.165) is 63.0 Å². The fourth-order valence-electron chi connectivity index (χ4n) is 4.71. The van der Waals surface area contributed by atoms with Crippen LogP contribution in [0.4, 0.5) is 23.7 Å². The highest BCUT2D eigenvalue weighted by Gasteiger charge is 2.31. The summed E-state index contributed by atoms with van der Waals surface area (Å²) in [5.41, 5.74) is -0.290. The average Bonchev–Trinajstić information content (AvgIpc) is 3.38.